The molecule has 2 heterocycles. The van der Waals surface area contributed by atoms with Crippen LogP contribution in [0.4, 0.5) is 0 Å². The van der Waals surface area contributed by atoms with Gasteiger partial charge in [0.1, 0.15) is 0 Å². The van der Waals surface area contributed by atoms with E-state index < -0.39 is 10.2 Å². The maximum atomic E-state index is 12.4. The third kappa shape index (κ3) is 2.78. The number of piperidine rings is 1. The molecule has 7 heteroatoms. The molecule has 1 spiro atoms. The molecular weight excluding hydrogens is 266 g/mol. The van der Waals surface area contributed by atoms with Gasteiger partial charge < -0.3 is 5.32 Å². The van der Waals surface area contributed by atoms with Crippen LogP contribution in [-0.4, -0.2) is 55.7 Å². The summed E-state index contributed by atoms with van der Waals surface area (Å²) in [7, 11) is -3.32. The molecule has 0 aromatic carbocycles. The standard InChI is InChI=1S/C12H23N3O3S/c1-3-14(4-2)19(17,18)15-7-5-12(6-8-15)9-11(16)13-10-12/h3-10H2,1-2H3,(H,13,16). The molecule has 0 aromatic rings. The van der Waals surface area contributed by atoms with Crippen LogP contribution >= 0.6 is 0 Å². The number of nitrogens with one attached hydrogen (secondary N) is 1. The highest BCUT2D eigenvalue weighted by Gasteiger charge is 2.43. The van der Waals surface area contributed by atoms with Gasteiger partial charge in [-0.3, -0.25) is 4.79 Å². The number of carbonyl (C=O) groups is 1. The van der Waals surface area contributed by atoms with Crippen molar-refractivity contribution in [3.63, 3.8) is 0 Å². The quantitative estimate of drug-likeness (QED) is 0.802. The van der Waals surface area contributed by atoms with Crippen LogP contribution in [0.25, 0.3) is 0 Å². The minimum atomic E-state index is -3.32. The maximum absolute atomic E-state index is 12.4. The number of amides is 1. The lowest BCUT2D eigenvalue weighted by Gasteiger charge is -2.39. The number of nitrogens with zero attached hydrogens (tertiary/aromatic N) is 2. The highest BCUT2D eigenvalue weighted by molar-refractivity contribution is 7.86. The molecule has 110 valence electrons. The fourth-order valence-corrected chi connectivity index (χ4v) is 4.63. The van der Waals surface area contributed by atoms with Gasteiger partial charge in [-0.15, -0.1) is 0 Å². The molecule has 0 atom stereocenters. The Kier molecular flexibility index (Phi) is 4.17. The van der Waals surface area contributed by atoms with Crippen molar-refractivity contribution < 1.29 is 13.2 Å². The van der Waals surface area contributed by atoms with Gasteiger partial charge in [0, 0.05) is 39.1 Å². The summed E-state index contributed by atoms with van der Waals surface area (Å²) in [6, 6.07) is 0. The van der Waals surface area contributed by atoms with E-state index in [4.69, 9.17) is 0 Å². The molecule has 2 rings (SSSR count). The van der Waals surface area contributed by atoms with Gasteiger partial charge in [-0.2, -0.15) is 17.0 Å². The van der Waals surface area contributed by atoms with Crippen molar-refractivity contribution in [3.8, 4) is 0 Å². The van der Waals surface area contributed by atoms with Gasteiger partial charge >= 0.3 is 0 Å². The third-order valence-electron chi connectivity index (χ3n) is 4.34. The second kappa shape index (κ2) is 5.38. The number of carbonyl (C=O) groups excluding carboxylic acids is 1. The molecule has 2 saturated heterocycles. The zero-order valence-corrected chi connectivity index (χ0v) is 12.5. The van der Waals surface area contributed by atoms with Crippen molar-refractivity contribution in [2.24, 2.45) is 5.41 Å². The van der Waals surface area contributed by atoms with Crippen LogP contribution in [-0.2, 0) is 15.0 Å². The van der Waals surface area contributed by atoms with Crippen LogP contribution < -0.4 is 5.32 Å². The van der Waals surface area contributed by atoms with E-state index in [1.807, 2.05) is 13.8 Å². The fraction of sp³-hybridized carbons (Fsp3) is 0.917. The lowest BCUT2D eigenvalue weighted by atomic mass is 9.78. The topological polar surface area (TPSA) is 69.7 Å². The van der Waals surface area contributed by atoms with Gasteiger partial charge in [0.2, 0.25) is 5.91 Å². The van der Waals surface area contributed by atoms with Gasteiger partial charge in [0.25, 0.3) is 10.2 Å². The first-order valence-electron chi connectivity index (χ1n) is 6.95. The molecule has 1 N–H and O–H groups in total. The monoisotopic (exact) mass is 289 g/mol. The summed E-state index contributed by atoms with van der Waals surface area (Å²) >= 11 is 0. The predicted octanol–water partition coefficient (Wildman–Crippen LogP) is 0.175. The lowest BCUT2D eigenvalue weighted by Crippen LogP contribution is -2.49. The molecule has 2 aliphatic rings. The fourth-order valence-electron chi connectivity index (χ4n) is 3.01. The van der Waals surface area contributed by atoms with Crippen LogP contribution in [0.2, 0.25) is 0 Å². The molecule has 6 nitrogen and oxygen atoms in total. The lowest BCUT2D eigenvalue weighted by molar-refractivity contribution is -0.119. The number of rotatable bonds is 4. The van der Waals surface area contributed by atoms with Crippen LogP contribution in [0.15, 0.2) is 0 Å². The van der Waals surface area contributed by atoms with Crippen molar-refractivity contribution in [1.29, 1.82) is 0 Å². The minimum Gasteiger partial charge on any atom is -0.356 e. The van der Waals surface area contributed by atoms with E-state index in [9.17, 15) is 13.2 Å². The van der Waals surface area contributed by atoms with Gasteiger partial charge in [0.05, 0.1) is 0 Å². The van der Waals surface area contributed by atoms with E-state index in [-0.39, 0.29) is 11.3 Å². The maximum Gasteiger partial charge on any atom is 0.281 e. The van der Waals surface area contributed by atoms with E-state index >= 15 is 0 Å². The summed E-state index contributed by atoms with van der Waals surface area (Å²) < 4.78 is 27.8. The molecule has 19 heavy (non-hydrogen) atoms. The molecule has 0 bridgehead atoms. The molecule has 0 unspecified atom stereocenters. The second-order valence-corrected chi connectivity index (χ2v) is 7.37. The van der Waals surface area contributed by atoms with E-state index in [1.165, 1.54) is 4.31 Å². The number of hydrogen-bond acceptors (Lipinski definition) is 3. The summed E-state index contributed by atoms with van der Waals surface area (Å²) in [6.07, 6.45) is 2.09. The first-order valence-corrected chi connectivity index (χ1v) is 8.35. The summed E-state index contributed by atoms with van der Waals surface area (Å²) in [5, 5.41) is 2.86. The van der Waals surface area contributed by atoms with Gasteiger partial charge in [-0.1, -0.05) is 13.8 Å². The van der Waals surface area contributed by atoms with Crippen molar-refractivity contribution in [2.45, 2.75) is 33.1 Å². The van der Waals surface area contributed by atoms with E-state index in [0.29, 0.717) is 39.1 Å². The van der Waals surface area contributed by atoms with Crippen molar-refractivity contribution in [2.75, 3.05) is 32.7 Å². The Labute approximate surface area is 115 Å². The Bertz CT molecular complexity index is 437. The molecule has 0 aromatic heterocycles. The Hall–Kier alpha value is -0.660. The average Bonchev–Trinajstić information content (AvgIpc) is 2.72. The smallest absolute Gasteiger partial charge is 0.281 e. The third-order valence-corrected chi connectivity index (χ3v) is 6.52. The summed E-state index contributed by atoms with van der Waals surface area (Å²) in [6.45, 7) is 6.45. The van der Waals surface area contributed by atoms with Gasteiger partial charge in [0.15, 0.2) is 0 Å². The van der Waals surface area contributed by atoms with Crippen LogP contribution in [0.5, 0.6) is 0 Å². The van der Waals surface area contributed by atoms with Crippen molar-refractivity contribution in [3.05, 3.63) is 0 Å². The zero-order valence-electron chi connectivity index (χ0n) is 11.7. The summed E-state index contributed by atoms with van der Waals surface area (Å²) in [5.41, 5.74) is -0.00758. The molecule has 1 amide bonds. The van der Waals surface area contributed by atoms with Gasteiger partial charge in [-0.05, 0) is 18.3 Å². The second-order valence-electron chi connectivity index (χ2n) is 5.44. The van der Waals surface area contributed by atoms with Crippen LogP contribution in [0.1, 0.15) is 33.1 Å². The SMILES string of the molecule is CCN(CC)S(=O)(=O)N1CCC2(CC1)CNC(=O)C2. The first kappa shape index (κ1) is 14.7. The summed E-state index contributed by atoms with van der Waals surface area (Å²) in [4.78, 5) is 11.3. The largest absolute Gasteiger partial charge is 0.356 e. The van der Waals surface area contributed by atoms with E-state index in [2.05, 4.69) is 5.32 Å². The normalized spacial score (nSPS) is 24.1. The highest BCUT2D eigenvalue weighted by Crippen LogP contribution is 2.38. The number of hydrogen-bond donors (Lipinski definition) is 1. The highest BCUT2D eigenvalue weighted by atomic mass is 32.2. The first-order chi connectivity index (χ1) is 8.93. The average molecular weight is 289 g/mol. The van der Waals surface area contributed by atoms with E-state index in [0.717, 1.165) is 12.8 Å². The molecule has 2 aliphatic heterocycles. The predicted molar refractivity (Wildman–Crippen MR) is 72.7 cm³/mol. The Morgan fingerprint density at radius 3 is 2.26 bits per heavy atom. The molecular formula is C12H23N3O3S. The van der Waals surface area contributed by atoms with Gasteiger partial charge in [-0.25, -0.2) is 0 Å². The molecule has 0 aliphatic carbocycles. The molecule has 2 fully saturated rings. The molecule has 0 saturated carbocycles. The Morgan fingerprint density at radius 2 is 1.84 bits per heavy atom. The Balaban J connectivity index is 2.02. The van der Waals surface area contributed by atoms with Crippen LogP contribution in [0.3, 0.4) is 0 Å². The van der Waals surface area contributed by atoms with Crippen LogP contribution in [0, 0.1) is 5.41 Å². The Morgan fingerprint density at radius 1 is 1.26 bits per heavy atom. The van der Waals surface area contributed by atoms with E-state index in [1.54, 1.807) is 4.31 Å². The zero-order chi connectivity index (χ0) is 14.1. The molecule has 0 radical (unpaired) electrons. The van der Waals surface area contributed by atoms with Crippen molar-refractivity contribution >= 4 is 16.1 Å². The summed E-state index contributed by atoms with van der Waals surface area (Å²) in [5.74, 6) is 0.0973. The van der Waals surface area contributed by atoms with Crippen molar-refractivity contribution in [1.82, 2.24) is 13.9 Å². The minimum absolute atomic E-state index is 0.00758.